The average Bonchev–Trinajstić information content (AvgIpc) is 1.38. The highest BCUT2D eigenvalue weighted by Crippen LogP contribution is 2.42. The van der Waals surface area contributed by atoms with Crippen LogP contribution in [0.25, 0.3) is 0 Å². The number of carbonyl (C=O) groups is 8. The zero-order chi connectivity index (χ0) is 73.5. The molecule has 0 bridgehead atoms. The predicted molar refractivity (Wildman–Crippen MR) is 371 cm³/mol. The second kappa shape index (κ2) is 34.7. The number of hydrogen-bond acceptors (Lipinski definition) is 23. The lowest BCUT2D eigenvalue weighted by atomic mass is 9.97. The van der Waals surface area contributed by atoms with E-state index in [1.165, 1.54) is 51.7 Å². The number of hydrogen-bond donors (Lipinski definition) is 3. The standard InChI is InChI=1S/C70H101N5O22Si2/c1-41-29-47(39-91-98(16,17)69(6,7)8)74(36-41)64(80)49-32-55(85-13)57(34-52(49)71)88-26-21-20-22-27-89-58-35-53(50(33-56(58)86-14)65(81)75-37-42(2)30-48(75)40-92-99(18,19)70(9,10)11)73-68(83)90-38-46-23-24-54(51(31-46)63(79)72-25-28-84-12)96-67-62(95-45(5)78)60(94-44(4)77)59(93-43(3)76)61(97-67)66(82)87-15/h23-24,31-35,47-48,59-62,67H,1-2,20-22,25-30,36-40,71H2,3-19H3,(H,72,79)(H,73,83)/t47?,48?,59-,60?,61-,62+,67+/m0/s1. The molecule has 6 rings (SSSR count). The van der Waals surface area contributed by atoms with E-state index in [1.807, 2.05) is 0 Å². The van der Waals surface area contributed by atoms with Gasteiger partial charge >= 0.3 is 30.0 Å². The van der Waals surface area contributed by atoms with Crippen LogP contribution < -0.4 is 40.1 Å². The summed E-state index contributed by atoms with van der Waals surface area (Å²) in [4.78, 5) is 111. The first-order chi connectivity index (χ1) is 46.4. The van der Waals surface area contributed by atoms with Crippen LogP contribution >= 0.6 is 0 Å². The van der Waals surface area contributed by atoms with E-state index in [2.05, 4.69) is 91.5 Å². The number of esters is 4. The first-order valence-corrected chi connectivity index (χ1v) is 38.7. The normalized spacial score (nSPS) is 19.5. The van der Waals surface area contributed by atoms with E-state index in [9.17, 15) is 38.4 Å². The molecule has 3 saturated heterocycles. The van der Waals surface area contributed by atoms with Crippen molar-refractivity contribution in [3.05, 3.63) is 89.0 Å². The number of nitrogens with one attached hydrogen (secondary N) is 2. The lowest BCUT2D eigenvalue weighted by Crippen LogP contribution is -2.64. The zero-order valence-electron chi connectivity index (χ0n) is 60.3. The van der Waals surface area contributed by atoms with Gasteiger partial charge in [0.05, 0.1) is 88.8 Å². The average molecular weight is 1420 g/mol. The minimum Gasteiger partial charge on any atom is -0.493 e. The molecule has 3 fully saturated rings. The fourth-order valence-corrected chi connectivity index (χ4v) is 12.8. The highest BCUT2D eigenvalue weighted by molar-refractivity contribution is 6.74. The molecule has 3 unspecified atom stereocenters. The summed E-state index contributed by atoms with van der Waals surface area (Å²) in [6.07, 6.45) is -6.85. The molecule has 3 heterocycles. The van der Waals surface area contributed by atoms with Gasteiger partial charge in [-0.3, -0.25) is 34.1 Å². The molecule has 3 aromatic carbocycles. The smallest absolute Gasteiger partial charge is 0.411 e. The summed E-state index contributed by atoms with van der Waals surface area (Å²) in [6.45, 7) is 34.5. The van der Waals surface area contributed by atoms with Crippen molar-refractivity contribution in [2.45, 2.75) is 180 Å². The number of ether oxygens (including phenoxy) is 12. The molecule has 3 aliphatic rings. The molecule has 0 saturated carbocycles. The van der Waals surface area contributed by atoms with E-state index < -0.39 is 95.7 Å². The third-order valence-electron chi connectivity index (χ3n) is 18.1. The van der Waals surface area contributed by atoms with Crippen LogP contribution in [0.15, 0.2) is 66.8 Å². The molecule has 99 heavy (non-hydrogen) atoms. The summed E-state index contributed by atoms with van der Waals surface area (Å²) in [5.41, 5.74) is 8.97. The third-order valence-corrected chi connectivity index (χ3v) is 27.1. The Bertz CT molecular complexity index is 3440. The Balaban J connectivity index is 1.21. The molecular weight excluding hydrogens is 1320 g/mol. The molecule has 27 nitrogen and oxygen atoms in total. The van der Waals surface area contributed by atoms with E-state index >= 15 is 0 Å². The Morgan fingerprint density at radius 1 is 0.616 bits per heavy atom. The van der Waals surface area contributed by atoms with Gasteiger partial charge in [-0.05, 0) is 98.2 Å². The molecule has 0 radical (unpaired) electrons. The third kappa shape index (κ3) is 21.2. The molecule has 3 aromatic rings. The number of anilines is 2. The van der Waals surface area contributed by atoms with Crippen LogP contribution in [0, 0.1) is 0 Å². The molecule has 0 aliphatic carbocycles. The van der Waals surface area contributed by atoms with Crippen molar-refractivity contribution < 1.29 is 104 Å². The van der Waals surface area contributed by atoms with Gasteiger partial charge in [-0.1, -0.05) is 71.9 Å². The molecule has 4 N–H and O–H groups in total. The SMILES string of the molecule is C=C1CC(CO[Si](C)(C)C(C)(C)C)N(C(=O)c2cc(OC)c(OCCCCCOc3cc(NC(=O)OCc4ccc(O[C@@H]5O[C@H](C(=O)OC)[C@@H](OC(C)=O)C(OC(C)=O)[C@H]5OC(C)=O)c(C(=O)NCCOC)c4)c(C(=O)N4CC(=C)CC4CO[Si](C)(C)C(C)(C)C)cc3OC)cc2N)C1. The first-order valence-electron chi connectivity index (χ1n) is 32.9. The number of rotatable bonds is 31. The van der Waals surface area contributed by atoms with Gasteiger partial charge in [-0.2, -0.15) is 0 Å². The fraction of sp³-hybridized carbons (Fsp3) is 0.571. The Kier molecular flexibility index (Phi) is 28.0. The van der Waals surface area contributed by atoms with Gasteiger partial charge in [-0.25, -0.2) is 9.59 Å². The van der Waals surface area contributed by atoms with Gasteiger partial charge in [0.15, 0.2) is 57.9 Å². The summed E-state index contributed by atoms with van der Waals surface area (Å²) < 4.78 is 81.6. The number of nitrogen functional groups attached to an aromatic ring is 1. The fourth-order valence-electron chi connectivity index (χ4n) is 10.7. The molecule has 3 aliphatic heterocycles. The summed E-state index contributed by atoms with van der Waals surface area (Å²) in [7, 11) is 1.03. The van der Waals surface area contributed by atoms with Crippen molar-refractivity contribution in [3.63, 3.8) is 0 Å². The maximum atomic E-state index is 15.0. The maximum Gasteiger partial charge on any atom is 0.411 e. The van der Waals surface area contributed by atoms with E-state index in [0.717, 1.165) is 39.0 Å². The summed E-state index contributed by atoms with van der Waals surface area (Å²) in [5, 5.41) is 5.33. The van der Waals surface area contributed by atoms with Crippen molar-refractivity contribution >= 4 is 75.7 Å². The van der Waals surface area contributed by atoms with Gasteiger partial charge in [0.2, 0.25) is 12.4 Å². The minimum atomic E-state index is -2.27. The monoisotopic (exact) mass is 1420 g/mol. The Labute approximate surface area is 582 Å². The van der Waals surface area contributed by atoms with Crippen LogP contribution in [0.5, 0.6) is 28.7 Å². The van der Waals surface area contributed by atoms with Gasteiger partial charge in [-0.15, -0.1) is 0 Å². The molecule has 0 spiro atoms. The molecule has 29 heteroatoms. The lowest BCUT2D eigenvalue weighted by molar-refractivity contribution is -0.282. The number of likely N-dealkylation sites (tertiary alicyclic amines) is 2. The Morgan fingerprint density at radius 2 is 1.12 bits per heavy atom. The quantitative estimate of drug-likeness (QED) is 0.0135. The second-order valence-corrected chi connectivity index (χ2v) is 37.3. The Morgan fingerprint density at radius 3 is 1.63 bits per heavy atom. The topological polar surface area (TPSA) is 322 Å². The Hall–Kier alpha value is -8.23. The summed E-state index contributed by atoms with van der Waals surface area (Å²) in [5.74, 6) is -4.34. The van der Waals surface area contributed by atoms with Crippen molar-refractivity contribution in [3.8, 4) is 28.7 Å². The van der Waals surface area contributed by atoms with Gasteiger partial charge in [0, 0.05) is 65.3 Å². The molecule has 4 amide bonds. The molecular formula is C70H101N5O22Si2. The van der Waals surface area contributed by atoms with Crippen LogP contribution in [0.3, 0.4) is 0 Å². The highest BCUT2D eigenvalue weighted by atomic mass is 28.4. The van der Waals surface area contributed by atoms with E-state index in [4.69, 9.17) is 71.4 Å². The van der Waals surface area contributed by atoms with Crippen molar-refractivity contribution in [1.29, 1.82) is 0 Å². The lowest BCUT2D eigenvalue weighted by Gasteiger charge is -2.43. The van der Waals surface area contributed by atoms with Crippen LogP contribution in [-0.4, -0.2) is 198 Å². The number of benzene rings is 3. The molecule has 7 atom stereocenters. The number of amides is 4. The van der Waals surface area contributed by atoms with Gasteiger partial charge in [0.1, 0.15) is 12.4 Å². The number of nitrogens with two attached hydrogens (primary N) is 1. The number of carbonyl (C=O) groups excluding carboxylic acids is 8. The van der Waals surface area contributed by atoms with Crippen molar-refractivity contribution in [2.24, 2.45) is 0 Å². The number of unbranched alkanes of at least 4 members (excludes halogenated alkanes) is 2. The minimum absolute atomic E-state index is 0.00252. The van der Waals surface area contributed by atoms with E-state index in [1.54, 1.807) is 21.9 Å². The summed E-state index contributed by atoms with van der Waals surface area (Å²) in [6, 6.07) is 9.71. The van der Waals surface area contributed by atoms with E-state index in [-0.39, 0.29) is 118 Å². The van der Waals surface area contributed by atoms with Crippen LogP contribution in [0.2, 0.25) is 36.3 Å². The van der Waals surface area contributed by atoms with E-state index in [0.29, 0.717) is 56.8 Å². The second-order valence-electron chi connectivity index (χ2n) is 27.7. The molecule has 546 valence electrons. The molecule has 0 aromatic heterocycles. The highest BCUT2D eigenvalue weighted by Gasteiger charge is 2.56. The van der Waals surface area contributed by atoms with Crippen molar-refractivity contribution in [2.75, 3.05) is 92.2 Å². The number of methoxy groups -OCH3 is 4. The predicted octanol–water partition coefficient (Wildman–Crippen LogP) is 9.70. The van der Waals surface area contributed by atoms with Gasteiger partial charge in [0.25, 0.3) is 17.7 Å². The van der Waals surface area contributed by atoms with Crippen molar-refractivity contribution in [1.82, 2.24) is 15.1 Å². The first kappa shape index (κ1) is 79.8. The zero-order valence-corrected chi connectivity index (χ0v) is 62.3. The maximum absolute atomic E-state index is 15.0. The largest absolute Gasteiger partial charge is 0.493 e. The van der Waals surface area contributed by atoms with Crippen LogP contribution in [0.4, 0.5) is 16.2 Å². The van der Waals surface area contributed by atoms with Gasteiger partial charge < -0.3 is 86.5 Å². The summed E-state index contributed by atoms with van der Waals surface area (Å²) >= 11 is 0. The number of nitrogens with zero attached hydrogens (tertiary/aromatic N) is 2. The van der Waals surface area contributed by atoms with Crippen LogP contribution in [-0.2, 0) is 67.8 Å². The van der Waals surface area contributed by atoms with Crippen LogP contribution in [0.1, 0.15) is 131 Å².